The fraction of sp³-hybridized carbons (Fsp3) is 0.208. The van der Waals surface area contributed by atoms with Gasteiger partial charge in [0.25, 0.3) is 5.91 Å². The largest absolute Gasteiger partial charge is 0.493 e. The molecule has 0 aliphatic carbocycles. The molecule has 0 unspecified atom stereocenters. The molecule has 0 radical (unpaired) electrons. The first kappa shape index (κ1) is 23.1. The number of anilines is 1. The summed E-state index contributed by atoms with van der Waals surface area (Å²) < 4.78 is 27.5. The third-order valence-corrected chi connectivity index (χ3v) is 6.26. The molecule has 0 saturated heterocycles. The molecule has 1 aliphatic heterocycles. The molecule has 9 nitrogen and oxygen atoms in total. The van der Waals surface area contributed by atoms with Crippen LogP contribution in [0.25, 0.3) is 11.0 Å². The highest BCUT2D eigenvalue weighted by Crippen LogP contribution is 2.46. The summed E-state index contributed by atoms with van der Waals surface area (Å²) in [7, 11) is 4.42. The van der Waals surface area contributed by atoms with Crippen LogP contribution in [0.4, 0.5) is 5.82 Å². The summed E-state index contributed by atoms with van der Waals surface area (Å²) in [6.07, 6.45) is 0. The van der Waals surface area contributed by atoms with Crippen molar-refractivity contribution in [2.75, 3.05) is 26.2 Å². The van der Waals surface area contributed by atoms with Gasteiger partial charge in [0.1, 0.15) is 5.76 Å². The van der Waals surface area contributed by atoms with Crippen LogP contribution < -0.4 is 24.5 Å². The van der Waals surface area contributed by atoms with Crippen molar-refractivity contribution in [3.63, 3.8) is 0 Å². The van der Waals surface area contributed by atoms with Gasteiger partial charge in [0.2, 0.25) is 11.5 Å². The molecular formula is C24H18Cl2N2O7. The van der Waals surface area contributed by atoms with Crippen LogP contribution in [0.5, 0.6) is 17.2 Å². The molecule has 1 amide bonds. The van der Waals surface area contributed by atoms with Gasteiger partial charge in [0, 0.05) is 11.1 Å². The Kier molecular flexibility index (Phi) is 5.61. The van der Waals surface area contributed by atoms with Gasteiger partial charge < -0.3 is 23.2 Å². The van der Waals surface area contributed by atoms with E-state index in [1.807, 2.05) is 0 Å². The molecule has 3 heterocycles. The van der Waals surface area contributed by atoms with E-state index in [0.29, 0.717) is 28.6 Å². The third kappa shape index (κ3) is 3.50. The first-order chi connectivity index (χ1) is 16.8. The van der Waals surface area contributed by atoms with Gasteiger partial charge in [-0.05, 0) is 36.8 Å². The van der Waals surface area contributed by atoms with Gasteiger partial charge in [-0.1, -0.05) is 28.4 Å². The lowest BCUT2D eigenvalue weighted by Crippen LogP contribution is -2.29. The smallest absolute Gasteiger partial charge is 0.296 e. The Balaban J connectivity index is 1.86. The second-order valence-electron chi connectivity index (χ2n) is 7.77. The topological polar surface area (TPSA) is 104 Å². The summed E-state index contributed by atoms with van der Waals surface area (Å²) in [6, 6.07) is 6.84. The summed E-state index contributed by atoms with van der Waals surface area (Å²) in [6.45, 7) is 1.69. The molecule has 11 heteroatoms. The van der Waals surface area contributed by atoms with E-state index < -0.39 is 17.4 Å². The Morgan fingerprint density at radius 2 is 1.66 bits per heavy atom. The average Bonchev–Trinajstić information content (AvgIpc) is 3.39. The Bertz CT molecular complexity index is 1530. The zero-order chi connectivity index (χ0) is 25.0. The van der Waals surface area contributed by atoms with Gasteiger partial charge in [-0.15, -0.1) is 0 Å². The van der Waals surface area contributed by atoms with Crippen molar-refractivity contribution >= 4 is 45.9 Å². The van der Waals surface area contributed by atoms with Crippen LogP contribution in [0, 0.1) is 6.92 Å². The lowest BCUT2D eigenvalue weighted by molar-refractivity contribution is 0.0969. The number of nitrogens with zero attached hydrogens (tertiary/aromatic N) is 2. The predicted molar refractivity (Wildman–Crippen MR) is 128 cm³/mol. The van der Waals surface area contributed by atoms with Crippen LogP contribution in [0.3, 0.4) is 0 Å². The van der Waals surface area contributed by atoms with E-state index in [4.69, 9.17) is 46.4 Å². The molecule has 4 aromatic rings. The van der Waals surface area contributed by atoms with Crippen LogP contribution in [0.2, 0.25) is 10.0 Å². The molecule has 0 bridgehead atoms. The molecule has 2 aromatic carbocycles. The van der Waals surface area contributed by atoms with Gasteiger partial charge in [-0.3, -0.25) is 14.5 Å². The molecule has 0 saturated carbocycles. The van der Waals surface area contributed by atoms with Gasteiger partial charge in [-0.25, -0.2) is 0 Å². The van der Waals surface area contributed by atoms with Crippen molar-refractivity contribution < 1.29 is 27.9 Å². The molecular weight excluding hydrogens is 499 g/mol. The quantitative estimate of drug-likeness (QED) is 0.357. The molecule has 180 valence electrons. The molecule has 1 atom stereocenters. The van der Waals surface area contributed by atoms with E-state index in [1.54, 1.807) is 25.1 Å². The van der Waals surface area contributed by atoms with Gasteiger partial charge in [0.15, 0.2) is 28.3 Å². The number of benzene rings is 2. The summed E-state index contributed by atoms with van der Waals surface area (Å²) >= 11 is 12.4. The summed E-state index contributed by atoms with van der Waals surface area (Å²) in [5.41, 5.74) is 0.193. The Morgan fingerprint density at radius 1 is 0.971 bits per heavy atom. The summed E-state index contributed by atoms with van der Waals surface area (Å²) in [4.78, 5) is 28.8. The zero-order valence-corrected chi connectivity index (χ0v) is 20.5. The minimum absolute atomic E-state index is 0.0648. The number of hydrogen-bond acceptors (Lipinski definition) is 8. The van der Waals surface area contributed by atoms with Crippen molar-refractivity contribution in [3.8, 4) is 17.2 Å². The second kappa shape index (κ2) is 8.51. The molecule has 35 heavy (non-hydrogen) atoms. The van der Waals surface area contributed by atoms with E-state index in [9.17, 15) is 9.59 Å². The van der Waals surface area contributed by atoms with E-state index in [-0.39, 0.29) is 38.2 Å². The zero-order valence-electron chi connectivity index (χ0n) is 19.0. The Hall–Kier alpha value is -3.69. The van der Waals surface area contributed by atoms with Gasteiger partial charge >= 0.3 is 0 Å². The minimum atomic E-state index is -0.950. The molecule has 0 fully saturated rings. The van der Waals surface area contributed by atoms with E-state index >= 15 is 0 Å². The highest BCUT2D eigenvalue weighted by Gasteiger charge is 2.45. The lowest BCUT2D eigenvalue weighted by atomic mass is 9.97. The minimum Gasteiger partial charge on any atom is -0.493 e. The number of carbonyl (C=O) groups is 1. The maximum absolute atomic E-state index is 13.8. The first-order valence-corrected chi connectivity index (χ1v) is 11.1. The van der Waals surface area contributed by atoms with Crippen LogP contribution in [-0.2, 0) is 0 Å². The molecule has 2 aromatic heterocycles. The third-order valence-electron chi connectivity index (χ3n) is 5.76. The van der Waals surface area contributed by atoms with Crippen LogP contribution in [0.15, 0.2) is 44.1 Å². The van der Waals surface area contributed by atoms with E-state index in [2.05, 4.69) is 5.16 Å². The number of carbonyl (C=O) groups excluding carboxylic acids is 1. The number of hydrogen-bond donors (Lipinski definition) is 0. The van der Waals surface area contributed by atoms with Crippen LogP contribution in [0.1, 0.15) is 33.5 Å². The number of methoxy groups -OCH3 is 3. The number of halogens is 2. The number of rotatable bonds is 5. The highest BCUT2D eigenvalue weighted by molar-refractivity contribution is 6.38. The normalized spacial score (nSPS) is 15.0. The maximum Gasteiger partial charge on any atom is 0.296 e. The monoisotopic (exact) mass is 516 g/mol. The van der Waals surface area contributed by atoms with Crippen molar-refractivity contribution in [3.05, 3.63) is 73.2 Å². The fourth-order valence-electron chi connectivity index (χ4n) is 4.28. The SMILES string of the molecule is COc1cc([C@@H]2c3c(oc4c(Cl)cc(Cl)cc4c3=O)C(=O)N2c2cc(C)on2)cc(OC)c1OC. The standard InChI is InChI=1S/C24H18Cl2N2O7/c1-10-5-17(27-35-10)28-19(11-6-15(31-2)22(33-4)16(7-11)32-3)18-20(29)13-8-12(25)9-14(26)21(13)34-23(18)24(28)30/h5-9,19H,1-4H3/t19-/m1/s1. The fourth-order valence-corrected chi connectivity index (χ4v) is 4.81. The van der Waals surface area contributed by atoms with Crippen LogP contribution >= 0.6 is 23.2 Å². The Labute approximate surface area is 208 Å². The number of amides is 1. The Morgan fingerprint density at radius 3 is 2.23 bits per heavy atom. The number of ether oxygens (including phenoxy) is 3. The maximum atomic E-state index is 13.8. The predicted octanol–water partition coefficient (Wildman–Crippen LogP) is 5.17. The average molecular weight is 517 g/mol. The number of fused-ring (bicyclic) bond motifs is 2. The first-order valence-electron chi connectivity index (χ1n) is 10.3. The van der Waals surface area contributed by atoms with E-state index in [1.165, 1.54) is 38.4 Å². The lowest BCUT2D eigenvalue weighted by Gasteiger charge is -2.24. The van der Waals surface area contributed by atoms with Gasteiger partial charge in [-0.2, -0.15) is 0 Å². The highest BCUT2D eigenvalue weighted by atomic mass is 35.5. The van der Waals surface area contributed by atoms with Crippen LogP contribution in [-0.4, -0.2) is 32.4 Å². The number of aryl methyl sites for hydroxylation is 1. The molecule has 0 spiro atoms. The van der Waals surface area contributed by atoms with E-state index in [0.717, 1.165) is 0 Å². The summed E-state index contributed by atoms with van der Waals surface area (Å²) in [5, 5.41) is 4.52. The molecule has 0 N–H and O–H groups in total. The van der Waals surface area contributed by atoms with Crippen molar-refractivity contribution in [2.45, 2.75) is 13.0 Å². The number of aromatic nitrogens is 1. The molecule has 5 rings (SSSR count). The van der Waals surface area contributed by atoms with Crippen molar-refractivity contribution in [2.24, 2.45) is 0 Å². The van der Waals surface area contributed by atoms with Crippen molar-refractivity contribution in [1.29, 1.82) is 0 Å². The molecule has 1 aliphatic rings. The van der Waals surface area contributed by atoms with Crippen molar-refractivity contribution in [1.82, 2.24) is 5.16 Å². The van der Waals surface area contributed by atoms with Gasteiger partial charge in [0.05, 0.1) is 43.3 Å². The second-order valence-corrected chi connectivity index (χ2v) is 8.61. The summed E-state index contributed by atoms with van der Waals surface area (Å²) in [5.74, 6) is 0.974.